The minimum absolute atomic E-state index is 0.0388. The van der Waals surface area contributed by atoms with Crippen molar-refractivity contribution in [2.45, 2.75) is 30.3 Å². The van der Waals surface area contributed by atoms with E-state index in [0.29, 0.717) is 23.6 Å². The maximum Gasteiger partial charge on any atom is 0.253 e. The van der Waals surface area contributed by atoms with Crippen LogP contribution >= 0.6 is 0 Å². The summed E-state index contributed by atoms with van der Waals surface area (Å²) in [5, 5.41) is 0. The van der Waals surface area contributed by atoms with Crippen LogP contribution in [-0.4, -0.2) is 46.5 Å². The Bertz CT molecular complexity index is 953. The minimum atomic E-state index is -3.53. The van der Waals surface area contributed by atoms with Gasteiger partial charge in [-0.3, -0.25) is 4.79 Å². The van der Waals surface area contributed by atoms with Gasteiger partial charge < -0.3 is 14.4 Å². The highest BCUT2D eigenvalue weighted by Gasteiger charge is 2.28. The number of nitrogens with one attached hydrogen (secondary N) is 1. The Morgan fingerprint density at radius 3 is 2.36 bits per heavy atom. The number of sulfonamides is 1. The fourth-order valence-corrected chi connectivity index (χ4v) is 4.10. The second-order valence-corrected chi connectivity index (χ2v) is 8.47. The molecule has 7 nitrogen and oxygen atoms in total. The molecule has 1 aliphatic carbocycles. The highest BCUT2D eigenvalue weighted by molar-refractivity contribution is 7.89. The number of amides is 1. The van der Waals surface area contributed by atoms with Gasteiger partial charge in [0.15, 0.2) is 0 Å². The van der Waals surface area contributed by atoms with E-state index < -0.39 is 10.0 Å². The van der Waals surface area contributed by atoms with E-state index in [2.05, 4.69) is 4.72 Å². The lowest BCUT2D eigenvalue weighted by Gasteiger charge is -2.19. The smallest absolute Gasteiger partial charge is 0.253 e. The van der Waals surface area contributed by atoms with Crippen LogP contribution in [0, 0.1) is 0 Å². The monoisotopic (exact) mass is 404 g/mol. The van der Waals surface area contributed by atoms with Gasteiger partial charge in [-0.2, -0.15) is 0 Å². The Kier molecular flexibility index (Phi) is 5.90. The van der Waals surface area contributed by atoms with Crippen LogP contribution in [0.5, 0.6) is 11.5 Å². The predicted molar refractivity (Wildman–Crippen MR) is 105 cm³/mol. The van der Waals surface area contributed by atoms with Crippen molar-refractivity contribution >= 4 is 15.9 Å². The molecule has 28 heavy (non-hydrogen) atoms. The Labute approximate surface area is 165 Å². The number of ether oxygens (including phenoxy) is 2. The van der Waals surface area contributed by atoms with Gasteiger partial charge in [0.05, 0.1) is 19.1 Å². The first-order valence-electron chi connectivity index (χ1n) is 8.93. The average molecular weight is 404 g/mol. The zero-order valence-electron chi connectivity index (χ0n) is 16.1. The molecular weight excluding hydrogens is 380 g/mol. The first-order chi connectivity index (χ1) is 13.3. The van der Waals surface area contributed by atoms with Crippen LogP contribution < -0.4 is 14.2 Å². The first-order valence-corrected chi connectivity index (χ1v) is 10.4. The Balaban J connectivity index is 1.71. The van der Waals surface area contributed by atoms with Gasteiger partial charge in [0.2, 0.25) is 10.0 Å². The summed E-state index contributed by atoms with van der Waals surface area (Å²) in [7, 11) is 1.30. The molecule has 150 valence electrons. The van der Waals surface area contributed by atoms with Crippen molar-refractivity contribution in [2.75, 3.05) is 21.3 Å². The number of methoxy groups -OCH3 is 2. The molecule has 0 aliphatic heterocycles. The van der Waals surface area contributed by atoms with Crippen LogP contribution in [0.1, 0.15) is 28.8 Å². The summed E-state index contributed by atoms with van der Waals surface area (Å²) in [6.07, 6.45) is 1.74. The maximum atomic E-state index is 12.7. The van der Waals surface area contributed by atoms with Crippen molar-refractivity contribution in [3.05, 3.63) is 53.6 Å². The van der Waals surface area contributed by atoms with Gasteiger partial charge in [0.1, 0.15) is 11.5 Å². The van der Waals surface area contributed by atoms with Gasteiger partial charge in [0, 0.05) is 36.8 Å². The predicted octanol–water partition coefficient (Wildman–Crippen LogP) is 2.42. The summed E-state index contributed by atoms with van der Waals surface area (Å²) >= 11 is 0. The number of rotatable bonds is 8. The maximum absolute atomic E-state index is 12.7. The van der Waals surface area contributed by atoms with Gasteiger partial charge in [-0.25, -0.2) is 13.1 Å². The zero-order chi connectivity index (χ0) is 20.3. The Morgan fingerprint density at radius 2 is 1.79 bits per heavy atom. The normalized spacial score (nSPS) is 13.8. The van der Waals surface area contributed by atoms with Crippen molar-refractivity contribution in [1.29, 1.82) is 0 Å². The molecule has 0 spiro atoms. The quantitative estimate of drug-likeness (QED) is 0.730. The van der Waals surface area contributed by atoms with Crippen molar-refractivity contribution in [1.82, 2.24) is 9.62 Å². The van der Waals surface area contributed by atoms with E-state index in [-0.39, 0.29) is 16.8 Å². The molecule has 0 bridgehead atoms. The molecule has 1 saturated carbocycles. The van der Waals surface area contributed by atoms with Gasteiger partial charge in [-0.1, -0.05) is 0 Å². The van der Waals surface area contributed by atoms with Crippen LogP contribution in [0.4, 0.5) is 0 Å². The standard InChI is InChI=1S/C20H24N2O5S/c1-22(13-15-4-9-17(26-2)12-19(15)27-3)20(23)14-5-10-18(11-6-14)28(24,25)21-16-7-8-16/h4-6,9-12,16,21H,7-8,13H2,1-3H3. The molecule has 0 atom stereocenters. The summed E-state index contributed by atoms with van der Waals surface area (Å²) in [5.41, 5.74) is 1.26. The minimum Gasteiger partial charge on any atom is -0.497 e. The lowest BCUT2D eigenvalue weighted by molar-refractivity contribution is 0.0784. The average Bonchev–Trinajstić information content (AvgIpc) is 3.51. The molecule has 0 heterocycles. The lowest BCUT2D eigenvalue weighted by atomic mass is 10.1. The SMILES string of the molecule is COc1ccc(CN(C)C(=O)c2ccc(S(=O)(=O)NC3CC3)cc2)c(OC)c1. The molecule has 2 aromatic rings. The summed E-state index contributed by atoms with van der Waals surface area (Å²) in [6, 6.07) is 11.4. The van der Waals surface area contributed by atoms with Gasteiger partial charge >= 0.3 is 0 Å². The van der Waals surface area contributed by atoms with E-state index in [4.69, 9.17) is 9.47 Å². The lowest BCUT2D eigenvalue weighted by Crippen LogP contribution is -2.27. The highest BCUT2D eigenvalue weighted by Crippen LogP contribution is 2.26. The van der Waals surface area contributed by atoms with E-state index in [1.165, 1.54) is 24.3 Å². The van der Waals surface area contributed by atoms with Crippen molar-refractivity contribution in [3.63, 3.8) is 0 Å². The topological polar surface area (TPSA) is 84.9 Å². The Hall–Kier alpha value is -2.58. The van der Waals surface area contributed by atoms with E-state index in [0.717, 1.165) is 18.4 Å². The summed E-state index contributed by atoms with van der Waals surface area (Å²) in [6.45, 7) is 0.343. The zero-order valence-corrected chi connectivity index (χ0v) is 17.0. The molecule has 0 unspecified atom stereocenters. The number of hydrogen-bond acceptors (Lipinski definition) is 5. The van der Waals surface area contributed by atoms with Crippen LogP contribution in [0.25, 0.3) is 0 Å². The van der Waals surface area contributed by atoms with Gasteiger partial charge in [0.25, 0.3) is 5.91 Å². The van der Waals surface area contributed by atoms with E-state index >= 15 is 0 Å². The molecule has 1 N–H and O–H groups in total. The van der Waals surface area contributed by atoms with Gasteiger partial charge in [-0.15, -0.1) is 0 Å². The van der Waals surface area contributed by atoms with Crippen molar-refractivity contribution in [3.8, 4) is 11.5 Å². The summed E-state index contributed by atoms with van der Waals surface area (Å²) in [4.78, 5) is 14.4. The third kappa shape index (κ3) is 4.63. The van der Waals surface area contributed by atoms with E-state index in [1.54, 1.807) is 32.2 Å². The number of hydrogen-bond donors (Lipinski definition) is 1. The van der Waals surface area contributed by atoms with Crippen LogP contribution in [-0.2, 0) is 16.6 Å². The van der Waals surface area contributed by atoms with Crippen LogP contribution in [0.2, 0.25) is 0 Å². The number of nitrogens with zero attached hydrogens (tertiary/aromatic N) is 1. The largest absolute Gasteiger partial charge is 0.497 e. The van der Waals surface area contributed by atoms with E-state index in [1.807, 2.05) is 12.1 Å². The summed E-state index contributed by atoms with van der Waals surface area (Å²) < 4.78 is 37.6. The molecule has 3 rings (SSSR count). The molecule has 0 saturated heterocycles. The number of benzene rings is 2. The number of carbonyl (C=O) groups is 1. The molecule has 1 amide bonds. The molecule has 8 heteroatoms. The van der Waals surface area contributed by atoms with Crippen LogP contribution in [0.15, 0.2) is 47.4 Å². The third-order valence-electron chi connectivity index (χ3n) is 4.56. The van der Waals surface area contributed by atoms with E-state index in [9.17, 15) is 13.2 Å². The molecular formula is C20H24N2O5S. The van der Waals surface area contributed by atoms with Gasteiger partial charge in [-0.05, 0) is 49.2 Å². The number of carbonyl (C=O) groups excluding carboxylic acids is 1. The fraction of sp³-hybridized carbons (Fsp3) is 0.350. The highest BCUT2D eigenvalue weighted by atomic mass is 32.2. The fourth-order valence-electron chi connectivity index (χ4n) is 2.80. The molecule has 2 aromatic carbocycles. The summed E-state index contributed by atoms with van der Waals surface area (Å²) in [5.74, 6) is 1.09. The third-order valence-corrected chi connectivity index (χ3v) is 6.10. The second-order valence-electron chi connectivity index (χ2n) is 6.76. The van der Waals surface area contributed by atoms with Crippen molar-refractivity contribution in [2.24, 2.45) is 0 Å². The Morgan fingerprint density at radius 1 is 1.11 bits per heavy atom. The molecule has 0 aromatic heterocycles. The molecule has 1 fully saturated rings. The molecule has 1 aliphatic rings. The molecule has 0 radical (unpaired) electrons. The first kappa shape index (κ1) is 20.2. The second kappa shape index (κ2) is 8.20. The van der Waals surface area contributed by atoms with Crippen LogP contribution in [0.3, 0.4) is 0 Å². The van der Waals surface area contributed by atoms with Crippen molar-refractivity contribution < 1.29 is 22.7 Å².